The van der Waals surface area contributed by atoms with Crippen LogP contribution >= 0.6 is 23.1 Å². The number of hydrogen-bond donors (Lipinski definition) is 1. The summed E-state index contributed by atoms with van der Waals surface area (Å²) in [4.78, 5) is 23.0. The molecule has 23 heavy (non-hydrogen) atoms. The van der Waals surface area contributed by atoms with Gasteiger partial charge in [0.1, 0.15) is 16.2 Å². The highest BCUT2D eigenvalue weighted by molar-refractivity contribution is 8.00. The summed E-state index contributed by atoms with van der Waals surface area (Å²) in [6.07, 6.45) is 1.56. The third-order valence-electron chi connectivity index (χ3n) is 3.63. The van der Waals surface area contributed by atoms with Crippen molar-refractivity contribution in [1.82, 2.24) is 9.97 Å². The molecule has 0 saturated heterocycles. The van der Waals surface area contributed by atoms with Gasteiger partial charge >= 0.3 is 0 Å². The number of thiophene rings is 1. The van der Waals surface area contributed by atoms with Crippen molar-refractivity contribution in [2.24, 2.45) is 0 Å². The van der Waals surface area contributed by atoms with Crippen molar-refractivity contribution in [2.45, 2.75) is 25.8 Å². The minimum absolute atomic E-state index is 0.0255. The van der Waals surface area contributed by atoms with E-state index in [1.165, 1.54) is 22.2 Å². The molecule has 0 aliphatic carbocycles. The Morgan fingerprint density at radius 3 is 2.91 bits per heavy atom. The van der Waals surface area contributed by atoms with Gasteiger partial charge in [-0.1, -0.05) is 23.9 Å². The molecule has 0 aliphatic heterocycles. The Kier molecular flexibility index (Phi) is 4.63. The van der Waals surface area contributed by atoms with Crippen molar-refractivity contribution in [3.63, 3.8) is 0 Å². The fraction of sp³-hybridized carbons (Fsp3) is 0.235. The highest BCUT2D eigenvalue weighted by Crippen LogP contribution is 2.30. The van der Waals surface area contributed by atoms with Gasteiger partial charge in [0, 0.05) is 16.0 Å². The molecule has 0 unspecified atom stereocenters. The molecule has 0 saturated carbocycles. The van der Waals surface area contributed by atoms with E-state index >= 15 is 0 Å². The molecule has 0 fully saturated rings. The van der Waals surface area contributed by atoms with Gasteiger partial charge < -0.3 is 5.32 Å². The van der Waals surface area contributed by atoms with Crippen molar-refractivity contribution in [2.75, 3.05) is 11.1 Å². The molecule has 3 rings (SSSR count). The van der Waals surface area contributed by atoms with E-state index in [0.29, 0.717) is 5.75 Å². The zero-order valence-electron chi connectivity index (χ0n) is 13.2. The van der Waals surface area contributed by atoms with E-state index in [2.05, 4.69) is 21.4 Å². The molecule has 1 N–H and O–H groups in total. The van der Waals surface area contributed by atoms with Gasteiger partial charge in [-0.3, -0.25) is 4.79 Å². The summed E-state index contributed by atoms with van der Waals surface area (Å²) in [5, 5.41) is 4.86. The number of thioether (sulfide) groups is 1. The van der Waals surface area contributed by atoms with Crippen LogP contribution in [0.15, 0.2) is 35.6 Å². The molecule has 2 aromatic heterocycles. The van der Waals surface area contributed by atoms with Crippen LogP contribution in [0.1, 0.15) is 16.0 Å². The van der Waals surface area contributed by atoms with E-state index in [4.69, 9.17) is 0 Å². The number of amides is 1. The zero-order chi connectivity index (χ0) is 16.4. The first kappa shape index (κ1) is 16.0. The Morgan fingerprint density at radius 1 is 1.26 bits per heavy atom. The van der Waals surface area contributed by atoms with Crippen molar-refractivity contribution >= 4 is 44.9 Å². The summed E-state index contributed by atoms with van der Waals surface area (Å²) in [5.74, 6) is 0.302. The third kappa shape index (κ3) is 3.54. The molecule has 118 valence electrons. The molecule has 6 heteroatoms. The van der Waals surface area contributed by atoms with Crippen LogP contribution < -0.4 is 5.32 Å². The fourth-order valence-corrected chi connectivity index (χ4v) is 3.96. The van der Waals surface area contributed by atoms with Crippen molar-refractivity contribution in [3.05, 3.63) is 46.6 Å². The summed E-state index contributed by atoms with van der Waals surface area (Å²) >= 11 is 3.09. The predicted molar refractivity (Wildman–Crippen MR) is 97.4 cm³/mol. The van der Waals surface area contributed by atoms with E-state index in [1.54, 1.807) is 17.7 Å². The summed E-state index contributed by atoms with van der Waals surface area (Å²) in [5.41, 5.74) is 3.14. The molecule has 0 spiro atoms. The molecular weight excluding hydrogens is 326 g/mol. The Morgan fingerprint density at radius 2 is 2.09 bits per heavy atom. The van der Waals surface area contributed by atoms with Crippen LogP contribution in [0, 0.1) is 20.8 Å². The Hall–Kier alpha value is -1.92. The minimum atomic E-state index is -0.0255. The SMILES string of the molecule is Cc1cc2c(SCC(=O)Nc3cccc(C)c3C)ncnc2s1. The number of nitrogens with zero attached hydrogens (tertiary/aromatic N) is 2. The maximum absolute atomic E-state index is 12.2. The summed E-state index contributed by atoms with van der Waals surface area (Å²) in [6, 6.07) is 7.99. The number of benzene rings is 1. The van der Waals surface area contributed by atoms with Gasteiger partial charge in [-0.05, 0) is 44.0 Å². The zero-order valence-corrected chi connectivity index (χ0v) is 14.8. The van der Waals surface area contributed by atoms with Crippen LogP contribution in [0.4, 0.5) is 5.69 Å². The number of rotatable bonds is 4. The van der Waals surface area contributed by atoms with E-state index < -0.39 is 0 Å². The lowest BCUT2D eigenvalue weighted by molar-refractivity contribution is -0.113. The normalized spacial score (nSPS) is 10.9. The van der Waals surface area contributed by atoms with Gasteiger partial charge in [0.25, 0.3) is 0 Å². The topological polar surface area (TPSA) is 54.9 Å². The predicted octanol–water partition coefficient (Wildman–Crippen LogP) is 4.35. The number of hydrogen-bond acceptors (Lipinski definition) is 5. The molecule has 0 aliphatic rings. The number of carbonyl (C=O) groups excluding carboxylic acids is 1. The van der Waals surface area contributed by atoms with Crippen LogP contribution in [-0.4, -0.2) is 21.6 Å². The van der Waals surface area contributed by atoms with E-state index in [-0.39, 0.29) is 5.91 Å². The molecule has 1 amide bonds. The number of anilines is 1. The Bertz CT molecular complexity index is 873. The van der Waals surface area contributed by atoms with Gasteiger partial charge in [-0.2, -0.15) is 0 Å². The van der Waals surface area contributed by atoms with Gasteiger partial charge in [0.05, 0.1) is 5.75 Å². The van der Waals surface area contributed by atoms with Crippen molar-refractivity contribution in [1.29, 1.82) is 0 Å². The first-order valence-corrected chi connectivity index (χ1v) is 9.05. The lowest BCUT2D eigenvalue weighted by Crippen LogP contribution is -2.15. The van der Waals surface area contributed by atoms with Crippen LogP contribution in [-0.2, 0) is 4.79 Å². The van der Waals surface area contributed by atoms with Crippen LogP contribution in [0.5, 0.6) is 0 Å². The van der Waals surface area contributed by atoms with Gasteiger partial charge in [0.15, 0.2) is 0 Å². The van der Waals surface area contributed by atoms with E-state index in [0.717, 1.165) is 26.5 Å². The first-order valence-electron chi connectivity index (χ1n) is 7.24. The second kappa shape index (κ2) is 6.68. The van der Waals surface area contributed by atoms with Gasteiger partial charge in [-0.15, -0.1) is 11.3 Å². The number of fused-ring (bicyclic) bond motifs is 1. The number of aryl methyl sites for hydroxylation is 2. The fourth-order valence-electron chi connectivity index (χ4n) is 2.28. The molecule has 0 radical (unpaired) electrons. The molecule has 4 nitrogen and oxygen atoms in total. The number of aromatic nitrogens is 2. The van der Waals surface area contributed by atoms with Crippen LogP contribution in [0.2, 0.25) is 0 Å². The summed E-state index contributed by atoms with van der Waals surface area (Å²) < 4.78 is 0. The highest BCUT2D eigenvalue weighted by atomic mass is 32.2. The average molecular weight is 343 g/mol. The number of nitrogens with one attached hydrogen (secondary N) is 1. The quantitative estimate of drug-likeness (QED) is 0.565. The highest BCUT2D eigenvalue weighted by Gasteiger charge is 2.11. The number of carbonyl (C=O) groups is 1. The van der Waals surface area contributed by atoms with E-state index in [9.17, 15) is 4.79 Å². The molecule has 1 aromatic carbocycles. The average Bonchev–Trinajstić information content (AvgIpc) is 2.90. The molecular formula is C17H17N3OS2. The second-order valence-corrected chi connectivity index (χ2v) is 7.54. The first-order chi connectivity index (χ1) is 11.0. The van der Waals surface area contributed by atoms with Crippen LogP contribution in [0.25, 0.3) is 10.2 Å². The van der Waals surface area contributed by atoms with E-state index in [1.807, 2.05) is 39.0 Å². The largest absolute Gasteiger partial charge is 0.325 e. The smallest absolute Gasteiger partial charge is 0.234 e. The lowest BCUT2D eigenvalue weighted by Gasteiger charge is -2.10. The molecule has 0 atom stereocenters. The molecule has 3 aromatic rings. The maximum Gasteiger partial charge on any atom is 0.234 e. The van der Waals surface area contributed by atoms with Crippen molar-refractivity contribution in [3.8, 4) is 0 Å². The lowest BCUT2D eigenvalue weighted by atomic mass is 10.1. The van der Waals surface area contributed by atoms with Crippen LogP contribution in [0.3, 0.4) is 0 Å². The monoisotopic (exact) mass is 343 g/mol. The van der Waals surface area contributed by atoms with Gasteiger partial charge in [-0.25, -0.2) is 9.97 Å². The summed E-state index contributed by atoms with van der Waals surface area (Å²) in [7, 11) is 0. The Balaban J connectivity index is 1.70. The summed E-state index contributed by atoms with van der Waals surface area (Å²) in [6.45, 7) is 6.10. The van der Waals surface area contributed by atoms with Crippen molar-refractivity contribution < 1.29 is 4.79 Å². The maximum atomic E-state index is 12.2. The second-order valence-electron chi connectivity index (χ2n) is 5.34. The minimum Gasteiger partial charge on any atom is -0.325 e. The standard InChI is InChI=1S/C17H17N3OS2/c1-10-5-4-6-14(12(10)3)20-15(21)8-22-16-13-7-11(2)23-17(13)19-9-18-16/h4-7,9H,8H2,1-3H3,(H,20,21). The molecule has 0 bridgehead atoms. The van der Waals surface area contributed by atoms with Gasteiger partial charge in [0.2, 0.25) is 5.91 Å². The molecule has 2 heterocycles. The Labute approximate surface area is 143 Å². The third-order valence-corrected chi connectivity index (χ3v) is 5.60.